The number of hydrogen-bond donors (Lipinski definition) is 2. The van der Waals surface area contributed by atoms with Gasteiger partial charge in [-0.2, -0.15) is 13.2 Å². The molecule has 2 rings (SSSR count). The van der Waals surface area contributed by atoms with Gasteiger partial charge in [0.2, 0.25) is 5.76 Å². The Morgan fingerprint density at radius 2 is 2.00 bits per heavy atom. The standard InChI is InChI=1S/C14H20F3N5O3.ClH/c1-3-8(2)11(18)12(23)21-5-4-6-22(21)13(24)19-10-7-9(25-20-10)14(15,16)17;/h7-8,11H,3-6,18H2,1-2H3,(H,19,20,24);1H/t8-,11-;/m0./s1. The van der Waals surface area contributed by atoms with Crippen LogP contribution in [0.4, 0.5) is 23.8 Å². The van der Waals surface area contributed by atoms with Crippen LogP contribution >= 0.6 is 12.4 Å². The van der Waals surface area contributed by atoms with E-state index in [4.69, 9.17) is 5.73 Å². The molecule has 0 bridgehead atoms. The van der Waals surface area contributed by atoms with Gasteiger partial charge in [-0.3, -0.25) is 10.1 Å². The topological polar surface area (TPSA) is 105 Å². The summed E-state index contributed by atoms with van der Waals surface area (Å²) in [5.74, 6) is -2.18. The first-order valence-corrected chi connectivity index (χ1v) is 7.84. The summed E-state index contributed by atoms with van der Waals surface area (Å²) in [7, 11) is 0. The molecule has 0 saturated carbocycles. The lowest BCUT2D eigenvalue weighted by Gasteiger charge is -2.31. The van der Waals surface area contributed by atoms with E-state index in [0.717, 1.165) is 5.01 Å². The van der Waals surface area contributed by atoms with Crippen LogP contribution in [0.15, 0.2) is 10.6 Å². The molecule has 148 valence electrons. The van der Waals surface area contributed by atoms with E-state index in [0.29, 0.717) is 25.5 Å². The predicted octanol–water partition coefficient (Wildman–Crippen LogP) is 2.47. The largest absolute Gasteiger partial charge is 0.452 e. The van der Waals surface area contributed by atoms with Crippen molar-refractivity contribution in [3.05, 3.63) is 11.8 Å². The Morgan fingerprint density at radius 3 is 2.54 bits per heavy atom. The summed E-state index contributed by atoms with van der Waals surface area (Å²) < 4.78 is 41.6. The summed E-state index contributed by atoms with van der Waals surface area (Å²) in [6, 6.07) is -0.961. The molecule has 0 aliphatic carbocycles. The van der Waals surface area contributed by atoms with Crippen LogP contribution in [0.5, 0.6) is 0 Å². The van der Waals surface area contributed by atoms with Crippen LogP contribution in [0.25, 0.3) is 0 Å². The van der Waals surface area contributed by atoms with E-state index in [-0.39, 0.29) is 30.7 Å². The van der Waals surface area contributed by atoms with Crippen LogP contribution in [0.1, 0.15) is 32.4 Å². The lowest BCUT2D eigenvalue weighted by Crippen LogP contribution is -2.53. The molecule has 1 aliphatic heterocycles. The van der Waals surface area contributed by atoms with Crippen LogP contribution in [-0.4, -0.2) is 46.2 Å². The molecule has 3 N–H and O–H groups in total. The highest BCUT2D eigenvalue weighted by molar-refractivity contribution is 5.91. The molecule has 0 spiro atoms. The quantitative estimate of drug-likeness (QED) is 0.809. The smallest absolute Gasteiger partial charge is 0.349 e. The molecule has 1 fully saturated rings. The van der Waals surface area contributed by atoms with Gasteiger partial charge in [-0.15, -0.1) is 12.4 Å². The summed E-state index contributed by atoms with van der Waals surface area (Å²) in [6.07, 6.45) is -3.46. The van der Waals surface area contributed by atoms with Crippen molar-refractivity contribution in [3.8, 4) is 0 Å². The summed E-state index contributed by atoms with van der Waals surface area (Å²) in [6.45, 7) is 4.28. The fourth-order valence-corrected chi connectivity index (χ4v) is 2.36. The molecular weight excluding hydrogens is 379 g/mol. The first kappa shape index (κ1) is 22.0. The molecule has 26 heavy (non-hydrogen) atoms. The van der Waals surface area contributed by atoms with Crippen LogP contribution in [0.3, 0.4) is 0 Å². The Hall–Kier alpha value is -2.01. The second kappa shape index (κ2) is 8.58. The van der Waals surface area contributed by atoms with Crippen molar-refractivity contribution < 1.29 is 27.3 Å². The lowest BCUT2D eigenvalue weighted by atomic mass is 9.99. The Labute approximate surface area is 154 Å². The van der Waals surface area contributed by atoms with Gasteiger partial charge in [-0.1, -0.05) is 25.4 Å². The second-order valence-corrected chi connectivity index (χ2v) is 5.85. The van der Waals surface area contributed by atoms with Gasteiger partial charge in [-0.05, 0) is 12.3 Å². The van der Waals surface area contributed by atoms with E-state index < -0.39 is 29.9 Å². The van der Waals surface area contributed by atoms with E-state index in [9.17, 15) is 22.8 Å². The summed E-state index contributed by atoms with van der Waals surface area (Å²) in [5, 5.41) is 7.69. The van der Waals surface area contributed by atoms with Crippen molar-refractivity contribution in [2.24, 2.45) is 11.7 Å². The maximum Gasteiger partial charge on any atom is 0.452 e. The SMILES string of the molecule is CC[C@H](C)[C@H](N)C(=O)N1CCCN1C(=O)Nc1cc(C(F)(F)F)on1.Cl. The van der Waals surface area contributed by atoms with Gasteiger partial charge in [0.15, 0.2) is 5.82 Å². The second-order valence-electron chi connectivity index (χ2n) is 5.85. The monoisotopic (exact) mass is 399 g/mol. The highest BCUT2D eigenvalue weighted by Crippen LogP contribution is 2.30. The van der Waals surface area contributed by atoms with Crippen molar-refractivity contribution in [2.45, 2.75) is 38.9 Å². The van der Waals surface area contributed by atoms with E-state index in [1.54, 1.807) is 0 Å². The van der Waals surface area contributed by atoms with E-state index in [1.807, 2.05) is 13.8 Å². The van der Waals surface area contributed by atoms with Crippen molar-refractivity contribution >= 4 is 30.2 Å². The summed E-state index contributed by atoms with van der Waals surface area (Å²) in [4.78, 5) is 24.7. The number of anilines is 1. The summed E-state index contributed by atoms with van der Waals surface area (Å²) in [5.41, 5.74) is 5.92. The third kappa shape index (κ3) is 4.79. The fraction of sp³-hybridized carbons (Fsp3) is 0.643. The zero-order chi connectivity index (χ0) is 18.8. The van der Waals surface area contributed by atoms with Gasteiger partial charge >= 0.3 is 12.2 Å². The predicted molar refractivity (Wildman–Crippen MR) is 88.2 cm³/mol. The summed E-state index contributed by atoms with van der Waals surface area (Å²) >= 11 is 0. The van der Waals surface area contributed by atoms with Crippen LogP contribution < -0.4 is 11.1 Å². The highest BCUT2D eigenvalue weighted by Gasteiger charge is 2.38. The average molecular weight is 400 g/mol. The van der Waals surface area contributed by atoms with Crippen molar-refractivity contribution in [3.63, 3.8) is 0 Å². The van der Waals surface area contributed by atoms with E-state index in [2.05, 4.69) is 15.0 Å². The number of hydrazine groups is 1. The molecule has 0 radical (unpaired) electrons. The number of urea groups is 1. The number of nitrogens with zero attached hydrogens (tertiary/aromatic N) is 3. The fourth-order valence-electron chi connectivity index (χ4n) is 2.36. The number of aromatic nitrogens is 1. The highest BCUT2D eigenvalue weighted by atomic mass is 35.5. The number of nitrogens with one attached hydrogen (secondary N) is 1. The third-order valence-corrected chi connectivity index (χ3v) is 4.09. The Bertz CT molecular complexity index is 640. The molecule has 1 aliphatic rings. The number of nitrogens with two attached hydrogens (primary N) is 1. The first-order valence-electron chi connectivity index (χ1n) is 7.84. The molecule has 1 aromatic heterocycles. The van der Waals surface area contributed by atoms with Gasteiger partial charge in [0.1, 0.15) is 0 Å². The molecule has 1 aromatic rings. The number of amides is 3. The minimum Gasteiger partial charge on any atom is -0.349 e. The lowest BCUT2D eigenvalue weighted by molar-refractivity contribution is -0.155. The van der Waals surface area contributed by atoms with Crippen molar-refractivity contribution in [1.29, 1.82) is 0 Å². The number of carbonyl (C=O) groups excluding carboxylic acids is 2. The minimum atomic E-state index is -4.70. The zero-order valence-corrected chi connectivity index (χ0v) is 15.1. The van der Waals surface area contributed by atoms with Gasteiger partial charge in [-0.25, -0.2) is 14.8 Å². The maximum absolute atomic E-state index is 12.5. The average Bonchev–Trinajstić information content (AvgIpc) is 3.21. The number of rotatable bonds is 4. The maximum atomic E-state index is 12.5. The zero-order valence-electron chi connectivity index (χ0n) is 14.2. The van der Waals surface area contributed by atoms with E-state index in [1.165, 1.54) is 5.01 Å². The van der Waals surface area contributed by atoms with Gasteiger partial charge < -0.3 is 10.3 Å². The molecule has 1 saturated heterocycles. The molecule has 12 heteroatoms. The van der Waals surface area contributed by atoms with Crippen LogP contribution in [-0.2, 0) is 11.0 Å². The van der Waals surface area contributed by atoms with Gasteiger partial charge in [0.05, 0.1) is 6.04 Å². The van der Waals surface area contributed by atoms with Gasteiger partial charge in [0, 0.05) is 19.2 Å². The molecule has 2 heterocycles. The Morgan fingerprint density at radius 1 is 1.38 bits per heavy atom. The third-order valence-electron chi connectivity index (χ3n) is 4.09. The normalized spacial score (nSPS) is 16.8. The van der Waals surface area contributed by atoms with Gasteiger partial charge in [0.25, 0.3) is 5.91 Å². The number of hydrogen-bond acceptors (Lipinski definition) is 5. The molecule has 8 nitrogen and oxygen atoms in total. The van der Waals surface area contributed by atoms with Crippen molar-refractivity contribution in [1.82, 2.24) is 15.2 Å². The van der Waals surface area contributed by atoms with Crippen LogP contribution in [0, 0.1) is 5.92 Å². The number of halogens is 4. The Balaban J connectivity index is 0.00000338. The first-order chi connectivity index (χ1) is 11.6. The minimum absolute atomic E-state index is 0. The number of carbonyl (C=O) groups is 2. The van der Waals surface area contributed by atoms with Crippen LogP contribution in [0.2, 0.25) is 0 Å². The van der Waals surface area contributed by atoms with E-state index >= 15 is 0 Å². The molecular formula is C14H21ClF3N5O3. The number of alkyl halides is 3. The molecule has 2 atom stereocenters. The van der Waals surface area contributed by atoms with Crippen molar-refractivity contribution in [2.75, 3.05) is 18.4 Å². The molecule has 0 aromatic carbocycles. The Kier molecular flexibility index (Phi) is 7.27. The molecule has 3 amide bonds. The molecule has 0 unspecified atom stereocenters.